The topological polar surface area (TPSA) is 3.24 Å². The lowest BCUT2D eigenvalue weighted by Gasteiger charge is -2.47. The number of anilines is 1. The molecule has 0 aliphatic heterocycles. The quantitative estimate of drug-likeness (QED) is 0.528. The Morgan fingerprint density at radius 3 is 2.05 bits per heavy atom. The van der Waals surface area contributed by atoms with Crippen molar-refractivity contribution in [2.45, 2.75) is 64.5 Å². The zero-order valence-electron chi connectivity index (χ0n) is 15.7. The Morgan fingerprint density at radius 2 is 1.59 bits per heavy atom. The molecule has 0 aromatic heterocycles. The first kappa shape index (κ1) is 19.2. The van der Waals surface area contributed by atoms with Gasteiger partial charge in [0.1, 0.15) is 0 Å². The molecule has 0 aliphatic carbocycles. The highest BCUT2D eigenvalue weighted by atomic mass is 28.3. The molecule has 0 radical (unpaired) electrons. The molecule has 0 amide bonds. The van der Waals surface area contributed by atoms with Crippen LogP contribution in [0.1, 0.15) is 27.2 Å². The average Bonchev–Trinajstić information content (AvgIpc) is 2.43. The van der Waals surface area contributed by atoms with Gasteiger partial charge in [0, 0.05) is 12.2 Å². The van der Waals surface area contributed by atoms with Gasteiger partial charge < -0.3 is 4.57 Å². The third-order valence-electron chi connectivity index (χ3n) is 5.33. The molecule has 0 bridgehead atoms. The Morgan fingerprint density at radius 1 is 1.05 bits per heavy atom. The van der Waals surface area contributed by atoms with E-state index in [1.54, 1.807) is 0 Å². The van der Waals surface area contributed by atoms with Gasteiger partial charge in [0.05, 0.1) is 8.07 Å². The number of hydrogen-bond acceptors (Lipinski definition) is 1. The van der Waals surface area contributed by atoms with Crippen LogP contribution in [0, 0.1) is 0 Å². The summed E-state index contributed by atoms with van der Waals surface area (Å²) in [6.07, 6.45) is 1.27. The van der Waals surface area contributed by atoms with Gasteiger partial charge in [-0.15, -0.1) is 12.3 Å². The van der Waals surface area contributed by atoms with E-state index in [1.165, 1.54) is 24.7 Å². The zero-order valence-corrected chi connectivity index (χ0v) is 17.7. The Kier molecular flexibility index (Phi) is 6.28. The smallest absolute Gasteiger partial charge is 0.155 e. The molecule has 0 spiro atoms. The lowest BCUT2D eigenvalue weighted by atomic mass is 10.2. The molecule has 0 fully saturated rings. The van der Waals surface area contributed by atoms with Crippen LogP contribution in [-0.2, 0) is 0 Å². The summed E-state index contributed by atoms with van der Waals surface area (Å²) in [6.45, 7) is 22.3. The highest BCUT2D eigenvalue weighted by Crippen LogP contribution is 2.40. The van der Waals surface area contributed by atoms with Crippen LogP contribution in [0.15, 0.2) is 42.6 Å². The monoisotopic (exact) mass is 333 g/mol. The molecule has 0 saturated carbocycles. The maximum absolute atomic E-state index is 4.03. The molecule has 0 N–H and O–H groups in total. The van der Waals surface area contributed by atoms with Gasteiger partial charge in [-0.05, 0) is 23.6 Å². The molecule has 0 heterocycles. The largest absolute Gasteiger partial charge is 0.397 e. The number of para-hydroxylation sites is 1. The second kappa shape index (κ2) is 7.18. The number of hydrogen-bond donors (Lipinski definition) is 0. The Bertz CT molecular complexity index is 472. The van der Waals surface area contributed by atoms with E-state index >= 15 is 0 Å². The van der Waals surface area contributed by atoms with Crippen molar-refractivity contribution in [3.8, 4) is 0 Å². The highest BCUT2D eigenvalue weighted by Gasteiger charge is 2.41. The molecule has 124 valence electrons. The molecule has 0 aliphatic rings. The Hall–Kier alpha value is -0.806. The van der Waals surface area contributed by atoms with E-state index in [-0.39, 0.29) is 0 Å². The van der Waals surface area contributed by atoms with Crippen LogP contribution in [0.3, 0.4) is 0 Å². The summed E-state index contributed by atoms with van der Waals surface area (Å²) in [7, 11) is -2.76. The molecule has 1 nitrogen and oxygen atoms in total. The van der Waals surface area contributed by atoms with Crippen LogP contribution in [-0.4, -0.2) is 22.9 Å². The minimum atomic E-state index is -1.56. The Balaban J connectivity index is 2.97. The van der Waals surface area contributed by atoms with Gasteiger partial charge in [-0.1, -0.05) is 71.2 Å². The molecular formula is C19H35NSi2. The summed E-state index contributed by atoms with van der Waals surface area (Å²) in [6, 6.07) is 12.3. The maximum Gasteiger partial charge on any atom is 0.155 e. The van der Waals surface area contributed by atoms with E-state index in [2.05, 4.69) is 94.1 Å². The van der Waals surface area contributed by atoms with Crippen LogP contribution in [0.5, 0.6) is 0 Å². The molecule has 1 rings (SSSR count). The standard InChI is InChI=1S/C19H35NSi2/c1-9-21(5,6)17-13-16-20(18-14-11-10-12-15-18)22(7,8)19(2,3)4/h9-12,14-15H,1,13,16-17H2,2-8H3. The summed E-state index contributed by atoms with van der Waals surface area (Å²) >= 11 is 0. The predicted molar refractivity (Wildman–Crippen MR) is 108 cm³/mol. The van der Waals surface area contributed by atoms with Crippen LogP contribution >= 0.6 is 0 Å². The van der Waals surface area contributed by atoms with Crippen molar-refractivity contribution >= 4 is 22.0 Å². The van der Waals surface area contributed by atoms with Crippen LogP contribution in [0.25, 0.3) is 0 Å². The van der Waals surface area contributed by atoms with Crippen molar-refractivity contribution in [2.24, 2.45) is 0 Å². The highest BCUT2D eigenvalue weighted by molar-refractivity contribution is 6.83. The first-order chi connectivity index (χ1) is 10.0. The number of nitrogens with zero attached hydrogens (tertiary/aromatic N) is 1. The summed E-state index contributed by atoms with van der Waals surface area (Å²) < 4.78 is 2.74. The van der Waals surface area contributed by atoms with Crippen molar-refractivity contribution in [3.63, 3.8) is 0 Å². The normalized spacial score (nSPS) is 13.0. The fourth-order valence-corrected chi connectivity index (χ4v) is 6.13. The van der Waals surface area contributed by atoms with Crippen LogP contribution < -0.4 is 4.57 Å². The summed E-state index contributed by atoms with van der Waals surface area (Å²) in [5.41, 5.74) is 3.62. The fraction of sp³-hybridized carbons (Fsp3) is 0.579. The van der Waals surface area contributed by atoms with E-state index in [9.17, 15) is 0 Å². The minimum Gasteiger partial charge on any atom is -0.397 e. The first-order valence-electron chi connectivity index (χ1n) is 8.47. The summed E-state index contributed by atoms with van der Waals surface area (Å²) in [5.74, 6) is 0. The lowest BCUT2D eigenvalue weighted by Crippen LogP contribution is -2.55. The SMILES string of the molecule is C=C[Si](C)(C)CCCN(c1ccccc1)[Si](C)(C)C(C)(C)C. The van der Waals surface area contributed by atoms with E-state index < -0.39 is 16.3 Å². The van der Waals surface area contributed by atoms with E-state index in [1.807, 2.05) is 0 Å². The van der Waals surface area contributed by atoms with E-state index in [0.717, 1.165) is 0 Å². The molecule has 22 heavy (non-hydrogen) atoms. The number of rotatable bonds is 7. The van der Waals surface area contributed by atoms with Crippen molar-refractivity contribution in [3.05, 3.63) is 42.6 Å². The molecule has 1 aromatic rings. The third-order valence-corrected chi connectivity index (χ3v) is 13.6. The van der Waals surface area contributed by atoms with E-state index in [4.69, 9.17) is 0 Å². The van der Waals surface area contributed by atoms with Gasteiger partial charge >= 0.3 is 0 Å². The molecule has 0 atom stereocenters. The van der Waals surface area contributed by atoms with Gasteiger partial charge in [0.15, 0.2) is 8.24 Å². The maximum atomic E-state index is 4.03. The van der Waals surface area contributed by atoms with Gasteiger partial charge in [-0.3, -0.25) is 0 Å². The van der Waals surface area contributed by atoms with Gasteiger partial charge in [-0.2, -0.15) is 0 Å². The van der Waals surface area contributed by atoms with Gasteiger partial charge in [0.25, 0.3) is 0 Å². The lowest BCUT2D eigenvalue weighted by molar-refractivity contribution is 0.699. The predicted octanol–water partition coefficient (Wildman–Crippen LogP) is 6.32. The molecule has 0 saturated heterocycles. The molecule has 0 unspecified atom stereocenters. The second-order valence-electron chi connectivity index (χ2n) is 8.59. The second-order valence-corrected chi connectivity index (χ2v) is 18.6. The van der Waals surface area contributed by atoms with Gasteiger partial charge in [-0.25, -0.2) is 0 Å². The van der Waals surface area contributed by atoms with Crippen LogP contribution in [0.2, 0.25) is 37.3 Å². The van der Waals surface area contributed by atoms with Gasteiger partial charge in [0.2, 0.25) is 0 Å². The van der Waals surface area contributed by atoms with E-state index in [0.29, 0.717) is 5.04 Å². The molecule has 3 heteroatoms. The van der Waals surface area contributed by atoms with Crippen molar-refractivity contribution < 1.29 is 0 Å². The third kappa shape index (κ3) is 4.85. The average molecular weight is 334 g/mol. The summed E-state index contributed by atoms with van der Waals surface area (Å²) in [5, 5.41) is 0.355. The van der Waals surface area contributed by atoms with Crippen molar-refractivity contribution in [1.29, 1.82) is 0 Å². The van der Waals surface area contributed by atoms with Crippen LogP contribution in [0.4, 0.5) is 5.69 Å². The number of benzene rings is 1. The first-order valence-corrected chi connectivity index (χ1v) is 14.7. The summed E-state index contributed by atoms with van der Waals surface area (Å²) in [4.78, 5) is 0. The molecule has 1 aromatic carbocycles. The minimum absolute atomic E-state index is 0.355. The molecular weight excluding hydrogens is 298 g/mol. The zero-order chi connectivity index (χ0) is 17.0. The Labute approximate surface area is 140 Å². The van der Waals surface area contributed by atoms with Crippen molar-refractivity contribution in [2.75, 3.05) is 11.1 Å². The van der Waals surface area contributed by atoms with Crippen molar-refractivity contribution in [1.82, 2.24) is 0 Å². The fourth-order valence-electron chi connectivity index (χ4n) is 2.54.